The van der Waals surface area contributed by atoms with Gasteiger partial charge in [-0.25, -0.2) is 0 Å². The SMILES string of the molecule is CN1CC2CCC1C(CO)C2. The second kappa shape index (κ2) is 2.76. The van der Waals surface area contributed by atoms with E-state index in [9.17, 15) is 0 Å². The molecule has 11 heavy (non-hydrogen) atoms. The summed E-state index contributed by atoms with van der Waals surface area (Å²) in [5.74, 6) is 1.45. The number of aliphatic hydroxyl groups excluding tert-OH is 1. The molecule has 0 radical (unpaired) electrons. The Hall–Kier alpha value is -0.0800. The van der Waals surface area contributed by atoms with Gasteiger partial charge in [-0.2, -0.15) is 0 Å². The van der Waals surface area contributed by atoms with Crippen LogP contribution < -0.4 is 0 Å². The van der Waals surface area contributed by atoms with Crippen molar-refractivity contribution in [2.45, 2.75) is 25.3 Å². The van der Waals surface area contributed by atoms with E-state index in [0.29, 0.717) is 18.6 Å². The molecule has 2 aliphatic heterocycles. The minimum atomic E-state index is 0.394. The smallest absolute Gasteiger partial charge is 0.0474 e. The Labute approximate surface area is 68.2 Å². The highest BCUT2D eigenvalue weighted by Gasteiger charge is 2.38. The van der Waals surface area contributed by atoms with Gasteiger partial charge in [-0.15, -0.1) is 0 Å². The van der Waals surface area contributed by atoms with Crippen LogP contribution in [-0.4, -0.2) is 36.2 Å². The molecule has 64 valence electrons. The van der Waals surface area contributed by atoms with Crippen LogP contribution >= 0.6 is 0 Å². The zero-order valence-corrected chi connectivity index (χ0v) is 7.16. The number of hydrogen-bond acceptors (Lipinski definition) is 2. The van der Waals surface area contributed by atoms with E-state index in [1.165, 1.54) is 25.8 Å². The van der Waals surface area contributed by atoms with E-state index in [1.54, 1.807) is 0 Å². The predicted molar refractivity (Wildman–Crippen MR) is 44.3 cm³/mol. The van der Waals surface area contributed by atoms with E-state index < -0.39 is 0 Å². The summed E-state index contributed by atoms with van der Waals surface area (Å²) in [6.07, 6.45) is 3.98. The monoisotopic (exact) mass is 155 g/mol. The van der Waals surface area contributed by atoms with Crippen LogP contribution in [-0.2, 0) is 0 Å². The molecule has 1 saturated carbocycles. The summed E-state index contributed by atoms with van der Waals surface area (Å²) in [6, 6.07) is 0.685. The zero-order valence-electron chi connectivity index (χ0n) is 7.16. The van der Waals surface area contributed by atoms with E-state index in [-0.39, 0.29) is 0 Å². The minimum absolute atomic E-state index is 0.394. The third-order valence-corrected chi connectivity index (χ3v) is 3.40. The van der Waals surface area contributed by atoms with Gasteiger partial charge in [-0.1, -0.05) is 0 Å². The summed E-state index contributed by atoms with van der Waals surface area (Å²) in [6.45, 7) is 1.66. The number of piperidine rings is 2. The van der Waals surface area contributed by atoms with Gasteiger partial charge >= 0.3 is 0 Å². The number of rotatable bonds is 1. The summed E-state index contributed by atoms with van der Waals surface area (Å²) < 4.78 is 0. The van der Waals surface area contributed by atoms with Crippen molar-refractivity contribution >= 4 is 0 Å². The topological polar surface area (TPSA) is 23.5 Å². The van der Waals surface area contributed by atoms with Crippen molar-refractivity contribution in [2.75, 3.05) is 20.2 Å². The molecule has 3 fully saturated rings. The second-order valence-electron chi connectivity index (χ2n) is 4.13. The van der Waals surface area contributed by atoms with Crippen molar-refractivity contribution in [2.24, 2.45) is 11.8 Å². The van der Waals surface area contributed by atoms with Crippen LogP contribution in [0.2, 0.25) is 0 Å². The second-order valence-corrected chi connectivity index (χ2v) is 4.13. The average molecular weight is 155 g/mol. The minimum Gasteiger partial charge on any atom is -0.396 e. The molecule has 2 nitrogen and oxygen atoms in total. The Morgan fingerprint density at radius 2 is 2.27 bits per heavy atom. The fourth-order valence-electron chi connectivity index (χ4n) is 2.83. The van der Waals surface area contributed by atoms with Crippen LogP contribution in [0, 0.1) is 11.8 Å². The van der Waals surface area contributed by atoms with Crippen molar-refractivity contribution in [1.82, 2.24) is 4.90 Å². The number of aliphatic hydroxyl groups is 1. The van der Waals surface area contributed by atoms with E-state index >= 15 is 0 Å². The summed E-state index contributed by atoms with van der Waals surface area (Å²) in [5.41, 5.74) is 0. The molecule has 1 aliphatic carbocycles. The quantitative estimate of drug-likeness (QED) is 0.603. The first-order chi connectivity index (χ1) is 5.31. The van der Waals surface area contributed by atoms with Gasteiger partial charge in [0.25, 0.3) is 0 Å². The molecule has 1 N–H and O–H groups in total. The van der Waals surface area contributed by atoms with Gasteiger partial charge in [0.2, 0.25) is 0 Å². The van der Waals surface area contributed by atoms with E-state index in [4.69, 9.17) is 5.11 Å². The van der Waals surface area contributed by atoms with Gasteiger partial charge in [-0.05, 0) is 38.1 Å². The molecule has 3 aliphatic rings. The molecule has 0 aromatic carbocycles. The Kier molecular flexibility index (Phi) is 1.90. The van der Waals surface area contributed by atoms with Gasteiger partial charge in [0.1, 0.15) is 0 Å². The summed E-state index contributed by atoms with van der Waals surface area (Å²) in [5, 5.41) is 9.10. The predicted octanol–water partition coefficient (Wildman–Crippen LogP) is 0.709. The lowest BCUT2D eigenvalue weighted by atomic mass is 9.73. The van der Waals surface area contributed by atoms with Crippen molar-refractivity contribution in [3.8, 4) is 0 Å². The van der Waals surface area contributed by atoms with Crippen molar-refractivity contribution in [1.29, 1.82) is 0 Å². The highest BCUT2D eigenvalue weighted by molar-refractivity contribution is 4.91. The Morgan fingerprint density at radius 1 is 1.45 bits per heavy atom. The van der Waals surface area contributed by atoms with E-state index in [1.807, 2.05) is 0 Å². The Bertz CT molecular complexity index is 148. The molecular weight excluding hydrogens is 138 g/mol. The molecule has 0 spiro atoms. The molecular formula is C9H17NO. The molecule has 3 unspecified atom stereocenters. The van der Waals surface area contributed by atoms with Crippen LogP contribution in [0.4, 0.5) is 0 Å². The Morgan fingerprint density at radius 3 is 2.73 bits per heavy atom. The summed E-state index contributed by atoms with van der Waals surface area (Å²) in [4.78, 5) is 2.43. The molecule has 2 heteroatoms. The molecule has 2 saturated heterocycles. The van der Waals surface area contributed by atoms with Gasteiger partial charge in [0.15, 0.2) is 0 Å². The number of hydrogen-bond donors (Lipinski definition) is 1. The maximum absolute atomic E-state index is 9.10. The molecule has 2 heterocycles. The highest BCUT2D eigenvalue weighted by atomic mass is 16.3. The van der Waals surface area contributed by atoms with Crippen molar-refractivity contribution < 1.29 is 5.11 Å². The van der Waals surface area contributed by atoms with Crippen LogP contribution in [0.5, 0.6) is 0 Å². The molecule has 0 aromatic heterocycles. The van der Waals surface area contributed by atoms with Crippen LogP contribution in [0.3, 0.4) is 0 Å². The highest BCUT2D eigenvalue weighted by Crippen LogP contribution is 2.37. The summed E-state index contributed by atoms with van der Waals surface area (Å²) >= 11 is 0. The number of nitrogens with zero attached hydrogens (tertiary/aromatic N) is 1. The largest absolute Gasteiger partial charge is 0.396 e. The van der Waals surface area contributed by atoms with Gasteiger partial charge in [-0.3, -0.25) is 0 Å². The molecule has 0 aromatic rings. The summed E-state index contributed by atoms with van der Waals surface area (Å²) in [7, 11) is 2.19. The number of fused-ring (bicyclic) bond motifs is 3. The first-order valence-electron chi connectivity index (χ1n) is 4.62. The molecule has 3 rings (SSSR count). The van der Waals surface area contributed by atoms with Crippen molar-refractivity contribution in [3.05, 3.63) is 0 Å². The third kappa shape index (κ3) is 1.18. The lowest BCUT2D eigenvalue weighted by Crippen LogP contribution is -2.52. The van der Waals surface area contributed by atoms with Crippen LogP contribution in [0.25, 0.3) is 0 Å². The lowest BCUT2D eigenvalue weighted by Gasteiger charge is -2.48. The van der Waals surface area contributed by atoms with Crippen molar-refractivity contribution in [3.63, 3.8) is 0 Å². The first kappa shape index (κ1) is 7.56. The Balaban J connectivity index is 2.07. The van der Waals surface area contributed by atoms with Gasteiger partial charge in [0, 0.05) is 19.2 Å². The fraction of sp³-hybridized carbons (Fsp3) is 1.00. The van der Waals surface area contributed by atoms with E-state index in [0.717, 1.165) is 5.92 Å². The maximum Gasteiger partial charge on any atom is 0.0474 e. The van der Waals surface area contributed by atoms with Gasteiger partial charge in [0.05, 0.1) is 0 Å². The molecule has 0 amide bonds. The first-order valence-corrected chi connectivity index (χ1v) is 4.62. The maximum atomic E-state index is 9.10. The van der Waals surface area contributed by atoms with Crippen LogP contribution in [0.15, 0.2) is 0 Å². The fourth-order valence-corrected chi connectivity index (χ4v) is 2.83. The van der Waals surface area contributed by atoms with E-state index in [2.05, 4.69) is 11.9 Å². The van der Waals surface area contributed by atoms with Gasteiger partial charge < -0.3 is 10.0 Å². The zero-order chi connectivity index (χ0) is 7.84. The molecule has 2 bridgehead atoms. The normalized spacial score (nSPS) is 44.7. The lowest BCUT2D eigenvalue weighted by molar-refractivity contribution is -0.00461. The third-order valence-electron chi connectivity index (χ3n) is 3.40. The molecule has 3 atom stereocenters. The standard InChI is InChI=1S/C9H17NO/c1-10-5-7-2-3-9(10)8(4-7)6-11/h7-9,11H,2-6H2,1H3. The van der Waals surface area contributed by atoms with Crippen LogP contribution in [0.1, 0.15) is 19.3 Å². The average Bonchev–Trinajstić information content (AvgIpc) is 2.04.